The summed E-state index contributed by atoms with van der Waals surface area (Å²) < 4.78 is 0. The van der Waals surface area contributed by atoms with Crippen LogP contribution < -0.4 is 0 Å². The van der Waals surface area contributed by atoms with Crippen molar-refractivity contribution in [2.45, 2.75) is 18.9 Å². The highest BCUT2D eigenvalue weighted by molar-refractivity contribution is 5.78. The topological polar surface area (TPSA) is 66.8 Å². The summed E-state index contributed by atoms with van der Waals surface area (Å²) in [6, 6.07) is 15.1. The van der Waals surface area contributed by atoms with Crippen LogP contribution in [-0.2, 0) is 14.4 Å². The monoisotopic (exact) mass is 311 g/mol. The van der Waals surface area contributed by atoms with Crippen LogP contribution in [0.1, 0.15) is 24.0 Å². The molecule has 2 aromatic rings. The van der Waals surface area contributed by atoms with E-state index in [2.05, 4.69) is 12.1 Å². The number of rotatable bonds is 6. The van der Waals surface area contributed by atoms with Crippen LogP contribution in [0.2, 0.25) is 0 Å². The number of carbonyl (C=O) groups is 2. The van der Waals surface area contributed by atoms with Gasteiger partial charge in [0.2, 0.25) is 6.41 Å². The van der Waals surface area contributed by atoms with Gasteiger partial charge in [0.15, 0.2) is 6.04 Å². The predicted molar refractivity (Wildman–Crippen MR) is 84.7 cm³/mol. The van der Waals surface area contributed by atoms with Crippen LogP contribution >= 0.6 is 0 Å². The zero-order valence-electron chi connectivity index (χ0n) is 12.7. The van der Waals surface area contributed by atoms with Gasteiger partial charge in [-0.15, -0.1) is 0 Å². The van der Waals surface area contributed by atoms with E-state index in [1.807, 2.05) is 36.4 Å². The van der Waals surface area contributed by atoms with E-state index in [4.69, 9.17) is 9.94 Å². The molecule has 0 fully saturated rings. The van der Waals surface area contributed by atoms with Crippen molar-refractivity contribution >= 4 is 12.4 Å². The van der Waals surface area contributed by atoms with Crippen molar-refractivity contribution in [2.75, 3.05) is 6.61 Å². The van der Waals surface area contributed by atoms with Gasteiger partial charge in [-0.1, -0.05) is 48.5 Å². The van der Waals surface area contributed by atoms with Crippen LogP contribution in [0.5, 0.6) is 0 Å². The van der Waals surface area contributed by atoms with Crippen LogP contribution in [0, 0.1) is 0 Å². The molecule has 23 heavy (non-hydrogen) atoms. The molecule has 0 bridgehead atoms. The van der Waals surface area contributed by atoms with E-state index in [1.54, 1.807) is 0 Å². The lowest BCUT2D eigenvalue weighted by Gasteiger charge is -2.23. The first-order valence-electron chi connectivity index (χ1n) is 7.41. The maximum Gasteiger partial charge on any atom is 0.328 e. The fourth-order valence-corrected chi connectivity index (χ4v) is 2.94. The summed E-state index contributed by atoms with van der Waals surface area (Å²) in [4.78, 5) is 27.6. The van der Waals surface area contributed by atoms with Gasteiger partial charge in [-0.05, 0) is 29.2 Å². The normalized spacial score (nSPS) is 14.0. The molecule has 0 heterocycles. The molecule has 1 amide bonds. The summed E-state index contributed by atoms with van der Waals surface area (Å²) in [5, 5.41) is 9.86. The van der Waals surface area contributed by atoms with E-state index in [0.717, 1.165) is 27.3 Å². The molecule has 0 aromatic heterocycles. The van der Waals surface area contributed by atoms with Crippen LogP contribution in [0.15, 0.2) is 48.5 Å². The number of fused-ring (bicyclic) bond motifs is 3. The summed E-state index contributed by atoms with van der Waals surface area (Å²) in [5.41, 5.74) is 4.56. The molecular weight excluding hydrogens is 294 g/mol. The molecule has 1 N–H and O–H groups in total. The lowest BCUT2D eigenvalue weighted by Crippen LogP contribution is -2.38. The van der Waals surface area contributed by atoms with Crippen molar-refractivity contribution in [3.05, 3.63) is 59.7 Å². The molecule has 5 nitrogen and oxygen atoms in total. The maximum atomic E-state index is 11.1. The molecule has 5 heteroatoms. The Morgan fingerprint density at radius 3 is 2.17 bits per heavy atom. The average Bonchev–Trinajstić information content (AvgIpc) is 2.89. The number of hydrogen-bond acceptors (Lipinski definition) is 3. The van der Waals surface area contributed by atoms with Gasteiger partial charge in [-0.3, -0.25) is 9.63 Å². The third-order valence-electron chi connectivity index (χ3n) is 4.20. The number of aliphatic carboxylic acids is 1. The number of carbonyl (C=O) groups excluding carboxylic acids is 1. The minimum absolute atomic E-state index is 0.0224. The molecule has 1 aliphatic carbocycles. The number of amides is 1. The number of carboxylic acid groups (broad SMARTS) is 1. The highest BCUT2D eigenvalue weighted by Gasteiger charge is 2.30. The van der Waals surface area contributed by atoms with E-state index in [-0.39, 0.29) is 12.5 Å². The van der Waals surface area contributed by atoms with Gasteiger partial charge in [-0.25, -0.2) is 9.86 Å². The highest BCUT2D eigenvalue weighted by Crippen LogP contribution is 2.44. The van der Waals surface area contributed by atoms with Crippen LogP contribution in [0.25, 0.3) is 11.1 Å². The lowest BCUT2D eigenvalue weighted by atomic mass is 9.98. The number of hydrogen-bond donors (Lipinski definition) is 1. The second-order valence-corrected chi connectivity index (χ2v) is 5.50. The zero-order chi connectivity index (χ0) is 16.4. The van der Waals surface area contributed by atoms with Gasteiger partial charge in [0.1, 0.15) is 0 Å². The Morgan fingerprint density at radius 1 is 1.17 bits per heavy atom. The molecule has 0 spiro atoms. The van der Waals surface area contributed by atoms with E-state index >= 15 is 0 Å². The van der Waals surface area contributed by atoms with Gasteiger partial charge in [0, 0.05) is 5.92 Å². The van der Waals surface area contributed by atoms with Crippen molar-refractivity contribution in [3.8, 4) is 11.1 Å². The molecule has 0 saturated heterocycles. The van der Waals surface area contributed by atoms with E-state index < -0.39 is 12.0 Å². The zero-order valence-corrected chi connectivity index (χ0v) is 12.7. The van der Waals surface area contributed by atoms with Gasteiger partial charge in [0.25, 0.3) is 0 Å². The largest absolute Gasteiger partial charge is 0.480 e. The van der Waals surface area contributed by atoms with Gasteiger partial charge in [-0.2, -0.15) is 0 Å². The SMILES string of the molecule is CC(C(=O)O)N(C=O)OCC1c2ccccc2-c2ccccc21. The Labute approximate surface area is 134 Å². The Kier molecular flexibility index (Phi) is 4.12. The molecule has 2 aromatic carbocycles. The van der Waals surface area contributed by atoms with Crippen molar-refractivity contribution in [1.29, 1.82) is 0 Å². The van der Waals surface area contributed by atoms with Crippen molar-refractivity contribution in [3.63, 3.8) is 0 Å². The molecule has 1 atom stereocenters. The molecule has 0 radical (unpaired) electrons. The van der Waals surface area contributed by atoms with Crippen molar-refractivity contribution in [2.24, 2.45) is 0 Å². The fraction of sp³-hybridized carbons (Fsp3) is 0.222. The minimum Gasteiger partial charge on any atom is -0.480 e. The van der Waals surface area contributed by atoms with E-state index in [9.17, 15) is 9.59 Å². The number of carboxylic acids is 1. The van der Waals surface area contributed by atoms with E-state index in [1.165, 1.54) is 6.92 Å². The standard InChI is InChI=1S/C18H17NO4/c1-12(18(21)22)19(11-20)23-10-17-15-8-4-2-6-13(15)14-7-3-5-9-16(14)17/h2-9,11-12,17H,10H2,1H3,(H,21,22). The summed E-state index contributed by atoms with van der Waals surface area (Å²) in [7, 11) is 0. The lowest BCUT2D eigenvalue weighted by molar-refractivity contribution is -0.194. The second kappa shape index (κ2) is 6.22. The molecule has 118 valence electrons. The summed E-state index contributed by atoms with van der Waals surface area (Å²) in [5.74, 6) is -1.13. The molecular formula is C18H17NO4. The van der Waals surface area contributed by atoms with Gasteiger partial charge >= 0.3 is 5.97 Å². The number of nitrogens with zero attached hydrogens (tertiary/aromatic N) is 1. The third kappa shape index (κ3) is 2.71. The summed E-state index contributed by atoms with van der Waals surface area (Å²) in [6.45, 7) is 1.62. The summed E-state index contributed by atoms with van der Waals surface area (Å²) in [6.07, 6.45) is 0.408. The number of hydroxylamine groups is 2. The number of benzene rings is 2. The highest BCUT2D eigenvalue weighted by atomic mass is 16.7. The second-order valence-electron chi connectivity index (χ2n) is 5.50. The molecule has 3 rings (SSSR count). The fourth-order valence-electron chi connectivity index (χ4n) is 2.94. The van der Waals surface area contributed by atoms with Crippen LogP contribution in [-0.4, -0.2) is 35.2 Å². The molecule has 1 unspecified atom stereocenters. The predicted octanol–water partition coefficient (Wildman–Crippen LogP) is 2.66. The Bertz CT molecular complexity index is 698. The smallest absolute Gasteiger partial charge is 0.328 e. The third-order valence-corrected chi connectivity index (χ3v) is 4.20. The molecule has 0 saturated carbocycles. The summed E-state index contributed by atoms with van der Waals surface area (Å²) >= 11 is 0. The van der Waals surface area contributed by atoms with Crippen molar-refractivity contribution < 1.29 is 19.5 Å². The minimum atomic E-state index is -1.11. The van der Waals surface area contributed by atoms with Crippen molar-refractivity contribution in [1.82, 2.24) is 5.06 Å². The van der Waals surface area contributed by atoms with Crippen LogP contribution in [0.4, 0.5) is 0 Å². The molecule has 1 aliphatic rings. The van der Waals surface area contributed by atoms with Crippen LogP contribution in [0.3, 0.4) is 0 Å². The average molecular weight is 311 g/mol. The maximum absolute atomic E-state index is 11.1. The Hall–Kier alpha value is -2.66. The van der Waals surface area contributed by atoms with Gasteiger partial charge in [0.05, 0.1) is 6.61 Å². The van der Waals surface area contributed by atoms with E-state index in [0.29, 0.717) is 6.41 Å². The first-order chi connectivity index (χ1) is 11.1. The molecule has 0 aliphatic heterocycles. The van der Waals surface area contributed by atoms with Gasteiger partial charge < -0.3 is 5.11 Å². The quantitative estimate of drug-likeness (QED) is 0.658. The Morgan fingerprint density at radius 2 is 1.70 bits per heavy atom. The Balaban J connectivity index is 1.86. The first kappa shape index (κ1) is 15.2. The first-order valence-corrected chi connectivity index (χ1v) is 7.41.